The lowest BCUT2D eigenvalue weighted by Crippen LogP contribution is -2.44. The molecule has 4 heteroatoms. The topological polar surface area (TPSA) is 37.4 Å². The molecule has 1 aliphatic heterocycles. The van der Waals surface area contributed by atoms with Gasteiger partial charge in [0, 0.05) is 38.3 Å². The Bertz CT molecular complexity index is 350. The molecule has 0 aromatic carbocycles. The molecule has 0 amide bonds. The van der Waals surface area contributed by atoms with Gasteiger partial charge < -0.3 is 10.1 Å². The number of nitrogens with zero attached hydrogens (tertiary/aromatic N) is 2. The van der Waals surface area contributed by atoms with Crippen molar-refractivity contribution in [1.82, 2.24) is 15.2 Å². The molecule has 0 radical (unpaired) electrons. The number of nitrogens with one attached hydrogen (secondary N) is 1. The molecule has 1 aromatic rings. The van der Waals surface area contributed by atoms with Gasteiger partial charge in [0.2, 0.25) is 5.88 Å². The smallest absolute Gasteiger partial charge is 0.213 e. The fourth-order valence-corrected chi connectivity index (χ4v) is 2.15. The zero-order chi connectivity index (χ0) is 12.1. The zero-order valence-electron chi connectivity index (χ0n) is 10.6. The Morgan fingerprint density at radius 1 is 1.41 bits per heavy atom. The van der Waals surface area contributed by atoms with Crippen molar-refractivity contribution in [3.8, 4) is 5.88 Å². The van der Waals surface area contributed by atoms with E-state index in [2.05, 4.69) is 28.2 Å². The van der Waals surface area contributed by atoms with E-state index in [0.717, 1.165) is 37.8 Å². The van der Waals surface area contributed by atoms with E-state index in [0.29, 0.717) is 12.6 Å². The van der Waals surface area contributed by atoms with Crippen LogP contribution < -0.4 is 10.1 Å². The standard InChI is InChI=1S/C13H21N3O/c1-3-17-13-6-4-5-12(15-13)11(2)16-9-7-14-8-10-16/h4-6,11,14H,3,7-10H2,1-2H3. The minimum atomic E-state index is 0.359. The summed E-state index contributed by atoms with van der Waals surface area (Å²) in [5.41, 5.74) is 1.10. The number of hydrogen-bond acceptors (Lipinski definition) is 4. The summed E-state index contributed by atoms with van der Waals surface area (Å²) in [7, 11) is 0. The molecule has 0 spiro atoms. The third-order valence-corrected chi connectivity index (χ3v) is 3.16. The van der Waals surface area contributed by atoms with Crippen molar-refractivity contribution in [2.24, 2.45) is 0 Å². The van der Waals surface area contributed by atoms with Gasteiger partial charge in [0.25, 0.3) is 0 Å². The van der Waals surface area contributed by atoms with Gasteiger partial charge in [0.15, 0.2) is 0 Å². The fraction of sp³-hybridized carbons (Fsp3) is 0.615. The van der Waals surface area contributed by atoms with Gasteiger partial charge in [-0.05, 0) is 19.9 Å². The Hall–Kier alpha value is -1.13. The lowest BCUT2D eigenvalue weighted by atomic mass is 10.1. The quantitative estimate of drug-likeness (QED) is 0.857. The fourth-order valence-electron chi connectivity index (χ4n) is 2.15. The summed E-state index contributed by atoms with van der Waals surface area (Å²) in [5.74, 6) is 0.729. The van der Waals surface area contributed by atoms with Crippen LogP contribution in [0.2, 0.25) is 0 Å². The van der Waals surface area contributed by atoms with Crippen molar-refractivity contribution in [2.75, 3.05) is 32.8 Å². The van der Waals surface area contributed by atoms with Crippen molar-refractivity contribution >= 4 is 0 Å². The van der Waals surface area contributed by atoms with Gasteiger partial charge in [0.05, 0.1) is 12.3 Å². The van der Waals surface area contributed by atoms with Crippen LogP contribution >= 0.6 is 0 Å². The van der Waals surface area contributed by atoms with Crippen molar-refractivity contribution in [1.29, 1.82) is 0 Å². The van der Waals surface area contributed by atoms with Crippen LogP contribution in [0.4, 0.5) is 0 Å². The second-order valence-electron chi connectivity index (χ2n) is 4.30. The maximum absolute atomic E-state index is 5.44. The number of hydrogen-bond donors (Lipinski definition) is 1. The first-order valence-corrected chi connectivity index (χ1v) is 6.35. The van der Waals surface area contributed by atoms with Crippen LogP contribution in [0.5, 0.6) is 5.88 Å². The van der Waals surface area contributed by atoms with Gasteiger partial charge in [-0.1, -0.05) is 6.07 Å². The number of piperazine rings is 1. The first-order chi connectivity index (χ1) is 8.31. The molecule has 1 N–H and O–H groups in total. The molecule has 2 rings (SSSR count). The van der Waals surface area contributed by atoms with E-state index < -0.39 is 0 Å². The maximum Gasteiger partial charge on any atom is 0.213 e. The number of ether oxygens (including phenoxy) is 1. The summed E-state index contributed by atoms with van der Waals surface area (Å²) < 4.78 is 5.44. The summed E-state index contributed by atoms with van der Waals surface area (Å²) in [6.07, 6.45) is 0. The largest absolute Gasteiger partial charge is 0.478 e. The van der Waals surface area contributed by atoms with E-state index in [9.17, 15) is 0 Å². The maximum atomic E-state index is 5.44. The predicted octanol–water partition coefficient (Wildman–Crippen LogP) is 1.45. The highest BCUT2D eigenvalue weighted by Gasteiger charge is 2.19. The third kappa shape index (κ3) is 3.17. The summed E-state index contributed by atoms with van der Waals surface area (Å²) in [4.78, 5) is 7.01. The molecule has 1 fully saturated rings. The summed E-state index contributed by atoms with van der Waals surface area (Å²) in [6.45, 7) is 9.16. The van der Waals surface area contributed by atoms with Gasteiger partial charge in [-0.15, -0.1) is 0 Å². The minimum absolute atomic E-state index is 0.359. The Labute approximate surface area is 103 Å². The molecule has 0 saturated carbocycles. The third-order valence-electron chi connectivity index (χ3n) is 3.16. The monoisotopic (exact) mass is 235 g/mol. The predicted molar refractivity (Wildman–Crippen MR) is 68.3 cm³/mol. The summed E-state index contributed by atoms with van der Waals surface area (Å²) >= 11 is 0. The molecule has 17 heavy (non-hydrogen) atoms. The van der Waals surface area contributed by atoms with Gasteiger partial charge in [-0.2, -0.15) is 0 Å². The van der Waals surface area contributed by atoms with Crippen LogP contribution in [0.25, 0.3) is 0 Å². The van der Waals surface area contributed by atoms with Gasteiger partial charge >= 0.3 is 0 Å². The molecular formula is C13H21N3O. The Morgan fingerprint density at radius 3 is 2.88 bits per heavy atom. The van der Waals surface area contributed by atoms with Gasteiger partial charge in [-0.3, -0.25) is 4.90 Å². The van der Waals surface area contributed by atoms with Crippen LogP contribution in [-0.4, -0.2) is 42.7 Å². The van der Waals surface area contributed by atoms with Crippen LogP contribution in [0.1, 0.15) is 25.6 Å². The summed E-state index contributed by atoms with van der Waals surface area (Å²) in [6, 6.07) is 6.37. The number of pyridine rings is 1. The molecule has 0 bridgehead atoms. The molecule has 2 heterocycles. The van der Waals surface area contributed by atoms with Crippen LogP contribution in [0.15, 0.2) is 18.2 Å². The normalized spacial score (nSPS) is 18.9. The molecule has 94 valence electrons. The lowest BCUT2D eigenvalue weighted by Gasteiger charge is -2.32. The van der Waals surface area contributed by atoms with Crippen molar-refractivity contribution in [2.45, 2.75) is 19.9 Å². The second-order valence-corrected chi connectivity index (χ2v) is 4.30. The molecule has 4 nitrogen and oxygen atoms in total. The Kier molecular flexibility index (Phi) is 4.34. The average molecular weight is 235 g/mol. The highest BCUT2D eigenvalue weighted by molar-refractivity contribution is 5.18. The second kappa shape index (κ2) is 5.98. The van der Waals surface area contributed by atoms with Crippen LogP contribution in [-0.2, 0) is 0 Å². The van der Waals surface area contributed by atoms with Gasteiger partial charge in [0.1, 0.15) is 0 Å². The van der Waals surface area contributed by atoms with E-state index in [-0.39, 0.29) is 0 Å². The lowest BCUT2D eigenvalue weighted by molar-refractivity contribution is 0.181. The molecule has 1 unspecified atom stereocenters. The SMILES string of the molecule is CCOc1cccc(C(C)N2CCNCC2)n1. The highest BCUT2D eigenvalue weighted by Crippen LogP contribution is 2.20. The zero-order valence-corrected chi connectivity index (χ0v) is 10.6. The molecule has 0 aliphatic carbocycles. The molecule has 1 atom stereocenters. The number of rotatable bonds is 4. The highest BCUT2D eigenvalue weighted by atomic mass is 16.5. The van der Waals surface area contributed by atoms with Crippen LogP contribution in [0, 0.1) is 0 Å². The molecule has 1 aliphatic rings. The Morgan fingerprint density at radius 2 is 2.18 bits per heavy atom. The molecular weight excluding hydrogens is 214 g/mol. The van der Waals surface area contributed by atoms with E-state index >= 15 is 0 Å². The van der Waals surface area contributed by atoms with Crippen molar-refractivity contribution < 1.29 is 4.74 Å². The van der Waals surface area contributed by atoms with E-state index in [1.807, 2.05) is 19.1 Å². The van der Waals surface area contributed by atoms with Crippen molar-refractivity contribution in [3.63, 3.8) is 0 Å². The van der Waals surface area contributed by atoms with Gasteiger partial charge in [-0.25, -0.2) is 4.98 Å². The first kappa shape index (κ1) is 12.3. The first-order valence-electron chi connectivity index (χ1n) is 6.35. The van der Waals surface area contributed by atoms with E-state index in [1.54, 1.807) is 0 Å². The van der Waals surface area contributed by atoms with E-state index in [1.165, 1.54) is 0 Å². The molecule has 1 saturated heterocycles. The minimum Gasteiger partial charge on any atom is -0.478 e. The van der Waals surface area contributed by atoms with E-state index in [4.69, 9.17) is 4.74 Å². The van der Waals surface area contributed by atoms with Crippen LogP contribution in [0.3, 0.4) is 0 Å². The van der Waals surface area contributed by atoms with Crippen molar-refractivity contribution in [3.05, 3.63) is 23.9 Å². The number of aromatic nitrogens is 1. The summed E-state index contributed by atoms with van der Waals surface area (Å²) in [5, 5.41) is 3.37. The molecule has 1 aromatic heterocycles. The average Bonchev–Trinajstić information content (AvgIpc) is 2.40. The Balaban J connectivity index is 2.06.